The SMILES string of the molecule is O=C([O-])[C@H]1[C@H]2CC[C@H](C2)[C@H]1C(=O)N1CC[NH+](CCc2ccccc2)CC1. The van der Waals surface area contributed by atoms with Gasteiger partial charge < -0.3 is 19.7 Å². The quantitative estimate of drug-likeness (QED) is 0.764. The molecule has 3 aliphatic rings. The molecule has 3 fully saturated rings. The molecule has 0 radical (unpaired) electrons. The van der Waals surface area contributed by atoms with Crippen molar-refractivity contribution in [2.75, 3.05) is 32.7 Å². The minimum Gasteiger partial charge on any atom is -0.550 e. The number of nitrogens with one attached hydrogen (secondary N) is 1. The van der Waals surface area contributed by atoms with Gasteiger partial charge in [0, 0.05) is 24.2 Å². The highest BCUT2D eigenvalue weighted by Crippen LogP contribution is 2.52. The largest absolute Gasteiger partial charge is 0.550 e. The normalized spacial score (nSPS) is 31.3. The van der Waals surface area contributed by atoms with Crippen molar-refractivity contribution in [1.82, 2.24) is 4.90 Å². The average Bonchev–Trinajstić information content (AvgIpc) is 3.28. The molecule has 26 heavy (non-hydrogen) atoms. The maximum atomic E-state index is 13.0. The van der Waals surface area contributed by atoms with Crippen LogP contribution in [0.2, 0.25) is 0 Å². The van der Waals surface area contributed by atoms with Gasteiger partial charge in [0.25, 0.3) is 0 Å². The fourth-order valence-electron chi connectivity index (χ4n) is 5.46. The number of hydrogen-bond acceptors (Lipinski definition) is 3. The summed E-state index contributed by atoms with van der Waals surface area (Å²) in [6.45, 7) is 4.49. The van der Waals surface area contributed by atoms with Gasteiger partial charge in [-0.2, -0.15) is 0 Å². The molecule has 2 aliphatic carbocycles. The predicted molar refractivity (Wildman–Crippen MR) is 95.1 cm³/mol. The van der Waals surface area contributed by atoms with Crippen molar-refractivity contribution in [1.29, 1.82) is 0 Å². The molecule has 0 unspecified atom stereocenters. The van der Waals surface area contributed by atoms with Crippen molar-refractivity contribution in [3.05, 3.63) is 35.9 Å². The number of amides is 1. The van der Waals surface area contributed by atoms with E-state index in [4.69, 9.17) is 0 Å². The number of hydrogen-bond donors (Lipinski definition) is 1. The third-order valence-electron chi connectivity index (χ3n) is 6.87. The number of benzene rings is 1. The molecule has 1 saturated heterocycles. The lowest BCUT2D eigenvalue weighted by Gasteiger charge is -2.38. The topological polar surface area (TPSA) is 64.9 Å². The van der Waals surface area contributed by atoms with Crippen LogP contribution in [0.4, 0.5) is 0 Å². The lowest BCUT2D eigenvalue weighted by atomic mass is 9.78. The van der Waals surface area contributed by atoms with E-state index in [1.54, 1.807) is 0 Å². The first-order valence-corrected chi connectivity index (χ1v) is 10.0. The highest BCUT2D eigenvalue weighted by Gasteiger charge is 2.52. The number of fused-ring (bicyclic) bond motifs is 2. The Morgan fingerprint density at radius 2 is 1.69 bits per heavy atom. The third kappa shape index (κ3) is 3.37. The minimum atomic E-state index is -1.01. The maximum absolute atomic E-state index is 13.0. The molecule has 1 amide bonds. The first kappa shape index (κ1) is 17.5. The van der Waals surface area contributed by atoms with E-state index in [1.165, 1.54) is 10.5 Å². The molecule has 5 heteroatoms. The molecule has 2 saturated carbocycles. The van der Waals surface area contributed by atoms with Gasteiger partial charge in [-0.25, -0.2) is 0 Å². The summed E-state index contributed by atoms with van der Waals surface area (Å²) < 4.78 is 0. The zero-order chi connectivity index (χ0) is 18.1. The van der Waals surface area contributed by atoms with Crippen LogP contribution in [0.15, 0.2) is 30.3 Å². The van der Waals surface area contributed by atoms with Crippen molar-refractivity contribution in [3.63, 3.8) is 0 Å². The van der Waals surface area contributed by atoms with Gasteiger partial charge in [0.15, 0.2) is 0 Å². The first-order chi connectivity index (χ1) is 12.6. The summed E-state index contributed by atoms with van der Waals surface area (Å²) in [5.41, 5.74) is 1.36. The maximum Gasteiger partial charge on any atom is 0.227 e. The van der Waals surface area contributed by atoms with Crippen LogP contribution in [0.5, 0.6) is 0 Å². The van der Waals surface area contributed by atoms with Crippen LogP contribution in [-0.4, -0.2) is 49.5 Å². The van der Waals surface area contributed by atoms with Crippen molar-refractivity contribution in [2.45, 2.75) is 25.7 Å². The van der Waals surface area contributed by atoms with Gasteiger partial charge in [-0.15, -0.1) is 0 Å². The van der Waals surface area contributed by atoms with Crippen LogP contribution >= 0.6 is 0 Å². The van der Waals surface area contributed by atoms with Crippen LogP contribution in [0, 0.1) is 23.7 Å². The number of carbonyl (C=O) groups is 2. The summed E-state index contributed by atoms with van der Waals surface area (Å²) in [5.74, 6) is -1.39. The number of carboxylic acid groups (broad SMARTS) is 1. The molecule has 1 aliphatic heterocycles. The Morgan fingerprint density at radius 3 is 2.35 bits per heavy atom. The molecule has 140 valence electrons. The Hall–Kier alpha value is -1.88. The number of quaternary nitrogens is 1. The lowest BCUT2D eigenvalue weighted by molar-refractivity contribution is -0.903. The lowest BCUT2D eigenvalue weighted by Crippen LogP contribution is -3.15. The molecule has 4 rings (SSSR count). The molecule has 5 nitrogen and oxygen atoms in total. The van der Waals surface area contributed by atoms with Gasteiger partial charge in [0.2, 0.25) is 5.91 Å². The number of aliphatic carboxylic acids is 1. The van der Waals surface area contributed by atoms with Gasteiger partial charge in [-0.1, -0.05) is 30.3 Å². The predicted octanol–water partition coefficient (Wildman–Crippen LogP) is -0.632. The summed E-state index contributed by atoms with van der Waals surface area (Å²) >= 11 is 0. The van der Waals surface area contributed by atoms with E-state index in [1.807, 2.05) is 11.0 Å². The third-order valence-corrected chi connectivity index (χ3v) is 6.87. The summed E-state index contributed by atoms with van der Waals surface area (Å²) in [4.78, 5) is 28.0. The molecular formula is C21H28N2O3. The van der Waals surface area contributed by atoms with E-state index in [-0.39, 0.29) is 23.7 Å². The molecule has 0 aromatic heterocycles. The highest BCUT2D eigenvalue weighted by molar-refractivity contribution is 5.85. The van der Waals surface area contributed by atoms with Crippen molar-refractivity contribution >= 4 is 11.9 Å². The number of piperazine rings is 1. The fraction of sp³-hybridized carbons (Fsp3) is 0.619. The van der Waals surface area contributed by atoms with Crippen LogP contribution in [0.1, 0.15) is 24.8 Å². The molecule has 1 aromatic rings. The Bertz CT molecular complexity index is 654. The van der Waals surface area contributed by atoms with Gasteiger partial charge in [0.1, 0.15) is 0 Å². The van der Waals surface area contributed by atoms with E-state index >= 15 is 0 Å². The Labute approximate surface area is 155 Å². The van der Waals surface area contributed by atoms with E-state index in [9.17, 15) is 14.7 Å². The van der Waals surface area contributed by atoms with Crippen molar-refractivity contribution in [2.24, 2.45) is 23.7 Å². The second-order valence-electron chi connectivity index (χ2n) is 8.26. The Balaban J connectivity index is 1.30. The monoisotopic (exact) mass is 356 g/mol. The number of carboxylic acids is 1. The smallest absolute Gasteiger partial charge is 0.227 e. The van der Waals surface area contributed by atoms with Gasteiger partial charge in [0.05, 0.1) is 32.7 Å². The summed E-state index contributed by atoms with van der Waals surface area (Å²) in [6, 6.07) is 10.5. The van der Waals surface area contributed by atoms with E-state index < -0.39 is 11.9 Å². The number of nitrogens with zero attached hydrogens (tertiary/aromatic N) is 1. The number of rotatable bonds is 5. The van der Waals surface area contributed by atoms with Gasteiger partial charge >= 0.3 is 0 Å². The molecular weight excluding hydrogens is 328 g/mol. The van der Waals surface area contributed by atoms with Crippen LogP contribution < -0.4 is 10.0 Å². The zero-order valence-electron chi connectivity index (χ0n) is 15.2. The van der Waals surface area contributed by atoms with Crippen molar-refractivity contribution in [3.8, 4) is 0 Å². The Kier molecular flexibility index (Phi) is 4.98. The van der Waals surface area contributed by atoms with Gasteiger partial charge in [-0.05, 0) is 36.7 Å². The zero-order valence-corrected chi connectivity index (χ0v) is 15.2. The fourth-order valence-corrected chi connectivity index (χ4v) is 5.46. The van der Waals surface area contributed by atoms with Gasteiger partial charge in [-0.3, -0.25) is 4.79 Å². The van der Waals surface area contributed by atoms with Crippen LogP contribution in [-0.2, 0) is 16.0 Å². The minimum absolute atomic E-state index is 0.0773. The van der Waals surface area contributed by atoms with Crippen molar-refractivity contribution < 1.29 is 19.6 Å². The van der Waals surface area contributed by atoms with Crippen LogP contribution in [0.25, 0.3) is 0 Å². The summed E-state index contributed by atoms with van der Waals surface area (Å²) in [6.07, 6.45) is 3.91. The molecule has 1 N–H and O–H groups in total. The number of carbonyl (C=O) groups excluding carboxylic acids is 2. The highest BCUT2D eigenvalue weighted by atomic mass is 16.4. The molecule has 1 heterocycles. The van der Waals surface area contributed by atoms with E-state index in [0.717, 1.165) is 58.4 Å². The first-order valence-electron chi connectivity index (χ1n) is 10.0. The molecule has 2 bridgehead atoms. The summed E-state index contributed by atoms with van der Waals surface area (Å²) in [7, 11) is 0. The standard InChI is InChI=1S/C21H28N2O3/c24-20(18-16-6-7-17(14-16)19(18)21(25)26)23-12-10-22(11-13-23)9-8-15-4-2-1-3-5-15/h1-5,16-19H,6-14H2,(H,25,26)/t16-,17+,18-,19+/m1/s1. The molecule has 0 spiro atoms. The summed E-state index contributed by atoms with van der Waals surface area (Å²) in [5, 5.41) is 11.6. The Morgan fingerprint density at radius 1 is 1.04 bits per heavy atom. The second kappa shape index (κ2) is 7.39. The second-order valence-corrected chi connectivity index (χ2v) is 8.26. The van der Waals surface area contributed by atoms with E-state index in [2.05, 4.69) is 24.3 Å². The van der Waals surface area contributed by atoms with Crippen LogP contribution in [0.3, 0.4) is 0 Å². The average molecular weight is 356 g/mol. The molecule has 1 aromatic carbocycles. The van der Waals surface area contributed by atoms with E-state index in [0.29, 0.717) is 0 Å². The molecule has 4 atom stereocenters.